The Hall–Kier alpha value is -2.50. The minimum Gasteiger partial charge on any atom is -0.507 e. The van der Waals surface area contributed by atoms with Crippen LogP contribution in [0.5, 0.6) is 17.2 Å². The van der Waals surface area contributed by atoms with Gasteiger partial charge in [-0.1, -0.05) is 18.2 Å². The smallest absolute Gasteiger partial charge is 0.507 e. The molecule has 0 spiro atoms. The van der Waals surface area contributed by atoms with Gasteiger partial charge in [-0.15, -0.1) is 8.78 Å². The molecule has 0 saturated heterocycles. The molecule has 2 aromatic rings. The van der Waals surface area contributed by atoms with Crippen molar-refractivity contribution in [2.45, 2.75) is 19.8 Å². The molecular weight excluding hydrogens is 280 g/mol. The van der Waals surface area contributed by atoms with E-state index in [1.807, 2.05) is 19.1 Å². The van der Waals surface area contributed by atoms with E-state index in [0.29, 0.717) is 12.2 Å². The third-order valence-electron chi connectivity index (χ3n) is 3.21. The van der Waals surface area contributed by atoms with E-state index in [4.69, 9.17) is 0 Å². The monoisotopic (exact) mass is 293 g/mol. The molecule has 0 aromatic heterocycles. The molecule has 1 heterocycles. The van der Waals surface area contributed by atoms with Gasteiger partial charge in [-0.05, 0) is 24.6 Å². The van der Waals surface area contributed by atoms with Crippen LogP contribution in [0.1, 0.15) is 11.1 Å². The highest BCUT2D eigenvalue weighted by molar-refractivity contribution is 5.56. The number of hydrogen-bond acceptors (Lipinski definition) is 4. The molecule has 2 N–H and O–H groups in total. The van der Waals surface area contributed by atoms with Crippen molar-refractivity contribution >= 4 is 5.69 Å². The van der Waals surface area contributed by atoms with Crippen LogP contribution < -0.4 is 14.8 Å². The second kappa shape index (κ2) is 4.80. The number of aromatic hydroxyl groups is 1. The number of phenols is 1. The first-order valence-electron chi connectivity index (χ1n) is 6.36. The average molecular weight is 293 g/mol. The Labute approximate surface area is 119 Å². The van der Waals surface area contributed by atoms with Crippen molar-refractivity contribution in [3.63, 3.8) is 0 Å². The summed E-state index contributed by atoms with van der Waals surface area (Å²) in [5.41, 5.74) is 2.09. The third kappa shape index (κ3) is 2.69. The SMILES string of the molecule is Cc1cccc(CNc2ccc3c(c2)OC(F)(F)O3)c1O. The number of hydrogen-bond donors (Lipinski definition) is 2. The van der Waals surface area contributed by atoms with E-state index in [1.54, 1.807) is 12.1 Å². The lowest BCUT2D eigenvalue weighted by Gasteiger charge is -2.10. The first-order chi connectivity index (χ1) is 9.94. The fraction of sp³-hybridized carbons (Fsp3) is 0.200. The van der Waals surface area contributed by atoms with Gasteiger partial charge in [-0.3, -0.25) is 0 Å². The number of aryl methyl sites for hydroxylation is 1. The molecule has 1 aliphatic heterocycles. The zero-order valence-corrected chi connectivity index (χ0v) is 11.2. The Balaban J connectivity index is 1.74. The zero-order chi connectivity index (χ0) is 15.0. The topological polar surface area (TPSA) is 50.7 Å². The summed E-state index contributed by atoms with van der Waals surface area (Å²) in [6.07, 6.45) is -3.62. The van der Waals surface area contributed by atoms with Gasteiger partial charge >= 0.3 is 6.29 Å². The van der Waals surface area contributed by atoms with Gasteiger partial charge in [-0.25, -0.2) is 0 Å². The van der Waals surface area contributed by atoms with Crippen LogP contribution in [0.4, 0.5) is 14.5 Å². The van der Waals surface area contributed by atoms with Crippen LogP contribution in [0.2, 0.25) is 0 Å². The number of anilines is 1. The number of ether oxygens (including phenoxy) is 2. The number of halogens is 2. The third-order valence-corrected chi connectivity index (χ3v) is 3.21. The maximum absolute atomic E-state index is 12.9. The number of benzene rings is 2. The maximum atomic E-state index is 12.9. The summed E-state index contributed by atoms with van der Waals surface area (Å²) >= 11 is 0. The van der Waals surface area contributed by atoms with Gasteiger partial charge in [-0.2, -0.15) is 0 Å². The lowest BCUT2D eigenvalue weighted by molar-refractivity contribution is -0.286. The largest absolute Gasteiger partial charge is 0.586 e. The lowest BCUT2D eigenvalue weighted by Crippen LogP contribution is -2.25. The first-order valence-corrected chi connectivity index (χ1v) is 6.36. The highest BCUT2D eigenvalue weighted by atomic mass is 19.3. The average Bonchev–Trinajstić information content (AvgIpc) is 2.73. The van der Waals surface area contributed by atoms with Crippen LogP contribution in [-0.2, 0) is 6.54 Å². The maximum Gasteiger partial charge on any atom is 0.586 e. The fourth-order valence-corrected chi connectivity index (χ4v) is 2.12. The van der Waals surface area contributed by atoms with Gasteiger partial charge in [0.1, 0.15) is 5.75 Å². The quantitative estimate of drug-likeness (QED) is 0.907. The summed E-state index contributed by atoms with van der Waals surface area (Å²) < 4.78 is 34.5. The molecule has 21 heavy (non-hydrogen) atoms. The molecule has 2 aromatic carbocycles. The van der Waals surface area contributed by atoms with Gasteiger partial charge < -0.3 is 19.9 Å². The van der Waals surface area contributed by atoms with Crippen molar-refractivity contribution in [1.29, 1.82) is 0 Å². The Morgan fingerprint density at radius 2 is 1.90 bits per heavy atom. The molecular formula is C15H13F2NO3. The second-order valence-electron chi connectivity index (χ2n) is 4.77. The van der Waals surface area contributed by atoms with E-state index in [1.165, 1.54) is 12.1 Å². The number of phenolic OH excluding ortho intramolecular Hbond substituents is 1. The van der Waals surface area contributed by atoms with Crippen molar-refractivity contribution in [3.05, 3.63) is 47.5 Å². The standard InChI is InChI=1S/C15H13F2NO3/c1-9-3-2-4-10(14(9)19)8-18-11-5-6-12-13(7-11)21-15(16,17)20-12/h2-7,18-19H,8H2,1H3. The zero-order valence-electron chi connectivity index (χ0n) is 11.2. The molecule has 0 atom stereocenters. The number of alkyl halides is 2. The van der Waals surface area contributed by atoms with Crippen LogP contribution in [0.25, 0.3) is 0 Å². The first kappa shape index (κ1) is 13.5. The fourth-order valence-electron chi connectivity index (χ4n) is 2.12. The lowest BCUT2D eigenvalue weighted by atomic mass is 10.1. The minimum absolute atomic E-state index is 0.00366. The van der Waals surface area contributed by atoms with Gasteiger partial charge in [0, 0.05) is 23.9 Å². The number of para-hydroxylation sites is 1. The summed E-state index contributed by atoms with van der Waals surface area (Å²) in [7, 11) is 0. The highest BCUT2D eigenvalue weighted by Crippen LogP contribution is 2.42. The summed E-state index contributed by atoms with van der Waals surface area (Å²) in [4.78, 5) is 0. The van der Waals surface area contributed by atoms with E-state index >= 15 is 0 Å². The molecule has 0 amide bonds. The molecule has 3 rings (SSSR count). The van der Waals surface area contributed by atoms with Gasteiger partial charge in [0.2, 0.25) is 0 Å². The molecule has 6 heteroatoms. The number of nitrogens with one attached hydrogen (secondary N) is 1. The molecule has 0 fully saturated rings. The molecule has 0 unspecified atom stereocenters. The molecule has 0 saturated carbocycles. The normalized spacial score (nSPS) is 15.0. The number of rotatable bonds is 3. The van der Waals surface area contributed by atoms with Gasteiger partial charge in [0.15, 0.2) is 11.5 Å². The van der Waals surface area contributed by atoms with Crippen molar-refractivity contribution in [2.24, 2.45) is 0 Å². The Morgan fingerprint density at radius 3 is 2.71 bits per heavy atom. The van der Waals surface area contributed by atoms with E-state index in [9.17, 15) is 13.9 Å². The van der Waals surface area contributed by atoms with Crippen molar-refractivity contribution in [3.8, 4) is 17.2 Å². The van der Waals surface area contributed by atoms with Crippen molar-refractivity contribution in [2.75, 3.05) is 5.32 Å². The molecule has 110 valence electrons. The molecule has 0 bridgehead atoms. The second-order valence-corrected chi connectivity index (χ2v) is 4.77. The van der Waals surface area contributed by atoms with E-state index in [2.05, 4.69) is 14.8 Å². The van der Waals surface area contributed by atoms with Crippen LogP contribution in [0.15, 0.2) is 36.4 Å². The summed E-state index contributed by atoms with van der Waals surface area (Å²) in [5, 5.41) is 13.0. The van der Waals surface area contributed by atoms with Gasteiger partial charge in [0.25, 0.3) is 0 Å². The highest BCUT2D eigenvalue weighted by Gasteiger charge is 2.43. The summed E-state index contributed by atoms with van der Waals surface area (Å²) in [6.45, 7) is 2.17. The van der Waals surface area contributed by atoms with E-state index < -0.39 is 6.29 Å². The summed E-state index contributed by atoms with van der Waals surface area (Å²) in [6, 6.07) is 9.89. The molecule has 4 nitrogen and oxygen atoms in total. The van der Waals surface area contributed by atoms with Crippen LogP contribution >= 0.6 is 0 Å². The molecule has 0 radical (unpaired) electrons. The Morgan fingerprint density at radius 1 is 1.14 bits per heavy atom. The minimum atomic E-state index is -3.62. The summed E-state index contributed by atoms with van der Waals surface area (Å²) in [5.74, 6) is 0.208. The van der Waals surface area contributed by atoms with Crippen LogP contribution in [-0.4, -0.2) is 11.4 Å². The predicted octanol–water partition coefficient (Wildman–Crippen LogP) is 3.63. The Kier molecular flexibility index (Phi) is 3.08. The van der Waals surface area contributed by atoms with E-state index in [-0.39, 0.29) is 17.2 Å². The van der Waals surface area contributed by atoms with Crippen molar-refractivity contribution < 1.29 is 23.4 Å². The number of fused-ring (bicyclic) bond motifs is 1. The van der Waals surface area contributed by atoms with E-state index in [0.717, 1.165) is 11.1 Å². The predicted molar refractivity (Wildman–Crippen MR) is 72.8 cm³/mol. The van der Waals surface area contributed by atoms with Crippen molar-refractivity contribution in [1.82, 2.24) is 0 Å². The Bertz CT molecular complexity index is 689. The molecule has 1 aliphatic rings. The van der Waals surface area contributed by atoms with Crippen LogP contribution in [0, 0.1) is 6.92 Å². The van der Waals surface area contributed by atoms with Crippen LogP contribution in [0.3, 0.4) is 0 Å². The molecule has 0 aliphatic carbocycles. The van der Waals surface area contributed by atoms with Gasteiger partial charge in [0.05, 0.1) is 0 Å².